The molecule has 0 aliphatic carbocycles. The molecular weight excluding hydrogens is 747 g/mol. The third kappa shape index (κ3) is 5.12. The van der Waals surface area contributed by atoms with Gasteiger partial charge in [-0.05, 0) is 65.4 Å². The number of rotatable bonds is 5. The summed E-state index contributed by atoms with van der Waals surface area (Å²) >= 11 is 0. The van der Waals surface area contributed by atoms with Gasteiger partial charge in [0.05, 0.1) is 27.8 Å². The standard InChI is InChI=1S/C55H33N5O/c1-3-16-34(17-4-1)53-56-54(41-25-15-28-47-52(41)40-24-10-13-27-46(40)59(47)37-20-5-2-6-21-37)58-55(57-53)44-32-43-39-23-11-14-29-50(39)61-51(43)33-49(44)60-45-26-12-9-22-38(45)42-30-35-18-7-8-19-36(35)31-48(42)60/h1-33H. The molecule has 0 fully saturated rings. The third-order valence-corrected chi connectivity index (χ3v) is 12.1. The first-order valence-electron chi connectivity index (χ1n) is 20.5. The van der Waals surface area contributed by atoms with Gasteiger partial charge < -0.3 is 13.6 Å². The maximum atomic E-state index is 6.62. The summed E-state index contributed by atoms with van der Waals surface area (Å²) < 4.78 is 11.3. The molecular formula is C55H33N5O. The van der Waals surface area contributed by atoms with Gasteiger partial charge in [0.2, 0.25) is 0 Å². The number of benzene rings is 9. The molecule has 0 N–H and O–H groups in total. The highest BCUT2D eigenvalue weighted by Crippen LogP contribution is 2.43. The van der Waals surface area contributed by atoms with E-state index in [2.05, 4.69) is 179 Å². The number of fused-ring (bicyclic) bond motifs is 10. The first-order valence-corrected chi connectivity index (χ1v) is 20.5. The molecule has 0 aliphatic heterocycles. The van der Waals surface area contributed by atoms with Gasteiger partial charge in [0.15, 0.2) is 17.5 Å². The summed E-state index contributed by atoms with van der Waals surface area (Å²) in [5.41, 5.74) is 10.7. The summed E-state index contributed by atoms with van der Waals surface area (Å²) in [6, 6.07) is 70.2. The zero-order chi connectivity index (χ0) is 40.0. The largest absolute Gasteiger partial charge is 0.456 e. The summed E-state index contributed by atoms with van der Waals surface area (Å²) in [6.07, 6.45) is 0. The molecule has 0 spiro atoms. The van der Waals surface area contributed by atoms with Crippen LogP contribution in [0.4, 0.5) is 0 Å². The lowest BCUT2D eigenvalue weighted by atomic mass is 10.0. The Morgan fingerprint density at radius 1 is 0.344 bits per heavy atom. The van der Waals surface area contributed by atoms with Gasteiger partial charge in [-0.15, -0.1) is 0 Å². The Hall–Kier alpha value is -8.35. The zero-order valence-corrected chi connectivity index (χ0v) is 32.7. The van der Waals surface area contributed by atoms with E-state index in [0.29, 0.717) is 17.5 Å². The Kier molecular flexibility index (Phi) is 7.21. The minimum absolute atomic E-state index is 0.571. The highest BCUT2D eigenvalue weighted by molar-refractivity contribution is 6.16. The van der Waals surface area contributed by atoms with Crippen molar-refractivity contribution < 1.29 is 4.42 Å². The lowest BCUT2D eigenvalue weighted by Crippen LogP contribution is -2.04. The van der Waals surface area contributed by atoms with Gasteiger partial charge >= 0.3 is 0 Å². The van der Waals surface area contributed by atoms with Crippen LogP contribution in [0.2, 0.25) is 0 Å². The molecule has 0 amide bonds. The molecule has 9 aromatic carbocycles. The molecule has 13 rings (SSSR count). The number of nitrogens with zero attached hydrogens (tertiary/aromatic N) is 5. The fourth-order valence-electron chi connectivity index (χ4n) is 9.43. The lowest BCUT2D eigenvalue weighted by Gasteiger charge is -2.15. The monoisotopic (exact) mass is 779 g/mol. The van der Waals surface area contributed by atoms with Crippen molar-refractivity contribution in [1.82, 2.24) is 24.1 Å². The van der Waals surface area contributed by atoms with Crippen molar-refractivity contribution in [3.63, 3.8) is 0 Å². The van der Waals surface area contributed by atoms with E-state index in [-0.39, 0.29) is 0 Å². The normalized spacial score (nSPS) is 11.9. The zero-order valence-electron chi connectivity index (χ0n) is 32.7. The van der Waals surface area contributed by atoms with Gasteiger partial charge in [0.1, 0.15) is 11.2 Å². The molecule has 0 aliphatic rings. The van der Waals surface area contributed by atoms with Crippen LogP contribution in [-0.2, 0) is 0 Å². The second kappa shape index (κ2) is 13.1. The quantitative estimate of drug-likeness (QED) is 0.175. The van der Waals surface area contributed by atoms with Gasteiger partial charge in [-0.2, -0.15) is 0 Å². The molecule has 13 aromatic rings. The average Bonchev–Trinajstić information content (AvgIpc) is 3.98. The minimum Gasteiger partial charge on any atom is -0.456 e. The first kappa shape index (κ1) is 33.6. The second-order valence-corrected chi connectivity index (χ2v) is 15.6. The topological polar surface area (TPSA) is 61.7 Å². The van der Waals surface area contributed by atoms with Gasteiger partial charge in [-0.1, -0.05) is 140 Å². The van der Waals surface area contributed by atoms with E-state index < -0.39 is 0 Å². The van der Waals surface area contributed by atoms with Crippen molar-refractivity contribution in [1.29, 1.82) is 0 Å². The van der Waals surface area contributed by atoms with Crippen LogP contribution >= 0.6 is 0 Å². The maximum Gasteiger partial charge on any atom is 0.166 e. The van der Waals surface area contributed by atoms with E-state index in [4.69, 9.17) is 19.4 Å². The average molecular weight is 780 g/mol. The Labute approximate surface area is 349 Å². The maximum absolute atomic E-state index is 6.62. The van der Waals surface area contributed by atoms with Crippen LogP contribution in [0.1, 0.15) is 0 Å². The predicted molar refractivity (Wildman–Crippen MR) is 250 cm³/mol. The van der Waals surface area contributed by atoms with E-state index in [9.17, 15) is 0 Å². The van der Waals surface area contributed by atoms with Crippen molar-refractivity contribution in [3.8, 4) is 45.5 Å². The fraction of sp³-hybridized carbons (Fsp3) is 0. The molecule has 4 aromatic heterocycles. The van der Waals surface area contributed by atoms with Gasteiger partial charge in [0.25, 0.3) is 0 Å². The number of para-hydroxylation sites is 4. The van der Waals surface area contributed by atoms with Gasteiger partial charge in [0, 0.05) is 60.8 Å². The van der Waals surface area contributed by atoms with Crippen molar-refractivity contribution in [2.45, 2.75) is 0 Å². The van der Waals surface area contributed by atoms with Crippen LogP contribution in [0.3, 0.4) is 0 Å². The summed E-state index contributed by atoms with van der Waals surface area (Å²) in [4.78, 5) is 16.2. The molecule has 4 heterocycles. The van der Waals surface area contributed by atoms with Crippen LogP contribution in [0.5, 0.6) is 0 Å². The summed E-state index contributed by atoms with van der Waals surface area (Å²) in [7, 11) is 0. The van der Waals surface area contributed by atoms with E-state index >= 15 is 0 Å². The predicted octanol–water partition coefficient (Wildman–Crippen LogP) is 14.1. The van der Waals surface area contributed by atoms with Crippen molar-refractivity contribution in [3.05, 3.63) is 200 Å². The Bertz CT molecular complexity index is 3880. The Morgan fingerprint density at radius 3 is 1.75 bits per heavy atom. The van der Waals surface area contributed by atoms with Crippen LogP contribution in [0, 0.1) is 0 Å². The molecule has 0 radical (unpaired) electrons. The van der Waals surface area contributed by atoms with Crippen LogP contribution in [-0.4, -0.2) is 24.1 Å². The number of aromatic nitrogens is 5. The molecule has 0 saturated carbocycles. The van der Waals surface area contributed by atoms with Gasteiger partial charge in [-0.25, -0.2) is 15.0 Å². The summed E-state index contributed by atoms with van der Waals surface area (Å²) in [6.45, 7) is 0. The molecule has 0 unspecified atom stereocenters. The summed E-state index contributed by atoms with van der Waals surface area (Å²) in [5, 5.41) is 8.96. The van der Waals surface area contributed by atoms with E-state index in [1.807, 2.05) is 30.3 Å². The number of hydrogen-bond acceptors (Lipinski definition) is 4. The molecule has 0 atom stereocenters. The highest BCUT2D eigenvalue weighted by Gasteiger charge is 2.24. The Morgan fingerprint density at radius 2 is 0.951 bits per heavy atom. The SMILES string of the molecule is c1ccc(-c2nc(-c3cc4c(cc3-n3c5ccccc5c5cc6ccccc6cc53)oc3ccccc34)nc(-c3cccc4c3c3ccccc3n4-c3ccccc3)n2)cc1. The number of hydrogen-bond donors (Lipinski definition) is 0. The van der Waals surface area contributed by atoms with Crippen molar-refractivity contribution in [2.24, 2.45) is 0 Å². The molecule has 0 bridgehead atoms. The molecule has 6 heteroatoms. The minimum atomic E-state index is 0.571. The lowest BCUT2D eigenvalue weighted by molar-refractivity contribution is 0.668. The van der Waals surface area contributed by atoms with Crippen molar-refractivity contribution >= 4 is 76.3 Å². The van der Waals surface area contributed by atoms with Crippen molar-refractivity contribution in [2.75, 3.05) is 0 Å². The van der Waals surface area contributed by atoms with Gasteiger partial charge in [-0.3, -0.25) is 0 Å². The Balaban J connectivity index is 1.15. The van der Waals surface area contributed by atoms with Crippen LogP contribution in [0.15, 0.2) is 205 Å². The highest BCUT2D eigenvalue weighted by atomic mass is 16.3. The first-order chi connectivity index (χ1) is 30.2. The number of furan rings is 1. The molecule has 6 nitrogen and oxygen atoms in total. The second-order valence-electron chi connectivity index (χ2n) is 15.6. The van der Waals surface area contributed by atoms with E-state index in [0.717, 1.165) is 82.8 Å². The molecule has 0 saturated heterocycles. The molecule has 284 valence electrons. The van der Waals surface area contributed by atoms with E-state index in [1.54, 1.807) is 0 Å². The fourth-order valence-corrected chi connectivity index (χ4v) is 9.43. The third-order valence-electron chi connectivity index (χ3n) is 12.1. The van der Waals surface area contributed by atoms with Crippen LogP contribution in [0.25, 0.3) is 122 Å². The molecule has 61 heavy (non-hydrogen) atoms. The van der Waals surface area contributed by atoms with E-state index in [1.165, 1.54) is 21.5 Å². The summed E-state index contributed by atoms with van der Waals surface area (Å²) in [5.74, 6) is 1.77. The smallest absolute Gasteiger partial charge is 0.166 e. The van der Waals surface area contributed by atoms with Crippen LogP contribution < -0.4 is 0 Å².